The van der Waals surface area contributed by atoms with E-state index in [2.05, 4.69) is 6.92 Å². The summed E-state index contributed by atoms with van der Waals surface area (Å²) in [6, 6.07) is -0.385. The van der Waals surface area contributed by atoms with Crippen LogP contribution in [0.5, 0.6) is 0 Å². The van der Waals surface area contributed by atoms with Gasteiger partial charge in [-0.25, -0.2) is 4.79 Å². The minimum atomic E-state index is -0.385. The highest BCUT2D eigenvalue weighted by molar-refractivity contribution is 5.86. The Morgan fingerprint density at radius 2 is 2.18 bits per heavy atom. The number of carbonyl (C=O) groups excluding carboxylic acids is 2. The van der Waals surface area contributed by atoms with Crippen LogP contribution in [-0.4, -0.2) is 36.0 Å². The van der Waals surface area contributed by atoms with Crippen molar-refractivity contribution in [1.82, 2.24) is 4.90 Å². The highest BCUT2D eigenvalue weighted by Crippen LogP contribution is 2.25. The molecule has 0 unspecified atom stereocenters. The normalized spacial score (nSPS) is 21.7. The molecule has 4 nitrogen and oxygen atoms in total. The van der Waals surface area contributed by atoms with Crippen LogP contribution in [0, 0.1) is 5.92 Å². The van der Waals surface area contributed by atoms with Gasteiger partial charge in [0.25, 0.3) is 0 Å². The second-order valence-electron chi connectivity index (χ2n) is 4.58. The van der Waals surface area contributed by atoms with E-state index in [0.29, 0.717) is 31.9 Å². The highest BCUT2D eigenvalue weighted by Gasteiger charge is 2.36. The van der Waals surface area contributed by atoms with Gasteiger partial charge in [0.1, 0.15) is 6.04 Å². The van der Waals surface area contributed by atoms with Gasteiger partial charge in [-0.2, -0.15) is 0 Å². The smallest absolute Gasteiger partial charge is 0.328 e. The van der Waals surface area contributed by atoms with Crippen molar-refractivity contribution in [3.05, 3.63) is 0 Å². The van der Waals surface area contributed by atoms with Crippen molar-refractivity contribution in [3.63, 3.8) is 0 Å². The highest BCUT2D eigenvalue weighted by atomic mass is 16.5. The number of ether oxygens (including phenoxy) is 1. The van der Waals surface area contributed by atoms with E-state index in [4.69, 9.17) is 4.74 Å². The first-order valence-corrected chi connectivity index (χ1v) is 6.60. The Bertz CT molecular complexity index is 278. The molecule has 1 fully saturated rings. The van der Waals surface area contributed by atoms with Gasteiger partial charge >= 0.3 is 5.97 Å². The zero-order valence-corrected chi connectivity index (χ0v) is 11.1. The predicted molar refractivity (Wildman–Crippen MR) is 65.4 cm³/mol. The molecule has 0 N–H and O–H groups in total. The first-order valence-electron chi connectivity index (χ1n) is 6.60. The molecular formula is C13H23NO3. The van der Waals surface area contributed by atoms with Crippen LogP contribution < -0.4 is 0 Å². The average Bonchev–Trinajstić information content (AvgIpc) is 2.62. The van der Waals surface area contributed by atoms with E-state index in [-0.39, 0.29) is 17.9 Å². The third-order valence-electron chi connectivity index (χ3n) is 3.26. The van der Waals surface area contributed by atoms with Crippen LogP contribution in [0.1, 0.15) is 46.5 Å². The van der Waals surface area contributed by atoms with Crippen LogP contribution >= 0.6 is 0 Å². The molecule has 4 heteroatoms. The van der Waals surface area contributed by atoms with Crippen molar-refractivity contribution in [2.75, 3.05) is 13.2 Å². The molecule has 1 aliphatic rings. The van der Waals surface area contributed by atoms with Gasteiger partial charge in [0.05, 0.1) is 6.61 Å². The Morgan fingerprint density at radius 1 is 1.47 bits per heavy atom. The Balaban J connectivity index is 2.63. The molecule has 2 atom stereocenters. The van der Waals surface area contributed by atoms with E-state index in [1.165, 1.54) is 0 Å². The van der Waals surface area contributed by atoms with Gasteiger partial charge in [-0.1, -0.05) is 20.3 Å². The monoisotopic (exact) mass is 241 g/mol. The summed E-state index contributed by atoms with van der Waals surface area (Å²) < 4.78 is 5.02. The number of hydrogen-bond acceptors (Lipinski definition) is 3. The summed E-state index contributed by atoms with van der Waals surface area (Å²) in [6.45, 7) is 6.91. The lowest BCUT2D eigenvalue weighted by atomic mass is 10.0. The number of nitrogens with zero attached hydrogens (tertiary/aromatic N) is 1. The topological polar surface area (TPSA) is 46.6 Å². The Kier molecular flexibility index (Phi) is 5.45. The number of carbonyl (C=O) groups is 2. The maximum Gasteiger partial charge on any atom is 0.328 e. The van der Waals surface area contributed by atoms with Crippen molar-refractivity contribution in [3.8, 4) is 0 Å². The van der Waals surface area contributed by atoms with Gasteiger partial charge in [-0.3, -0.25) is 4.79 Å². The lowest BCUT2D eigenvalue weighted by molar-refractivity contribution is -0.153. The molecule has 1 amide bonds. The van der Waals surface area contributed by atoms with Crippen LogP contribution in [0.15, 0.2) is 0 Å². The van der Waals surface area contributed by atoms with E-state index < -0.39 is 0 Å². The molecule has 1 aliphatic heterocycles. The number of rotatable bonds is 6. The van der Waals surface area contributed by atoms with E-state index >= 15 is 0 Å². The minimum absolute atomic E-state index is 0.100. The SMILES string of the molecule is CCC[C@@H]1CC(=O)N([C@@H](CC)C(=O)OCC)C1. The van der Waals surface area contributed by atoms with Crippen LogP contribution in [0.2, 0.25) is 0 Å². The summed E-state index contributed by atoms with van der Waals surface area (Å²) in [5, 5.41) is 0. The van der Waals surface area contributed by atoms with Crippen LogP contribution in [0.25, 0.3) is 0 Å². The van der Waals surface area contributed by atoms with Gasteiger partial charge in [0, 0.05) is 13.0 Å². The van der Waals surface area contributed by atoms with Gasteiger partial charge in [0.15, 0.2) is 0 Å². The minimum Gasteiger partial charge on any atom is -0.464 e. The number of esters is 1. The van der Waals surface area contributed by atoms with Gasteiger partial charge < -0.3 is 9.64 Å². The van der Waals surface area contributed by atoms with Crippen LogP contribution in [0.4, 0.5) is 0 Å². The molecule has 0 aromatic rings. The summed E-state index contributed by atoms with van der Waals surface area (Å²) in [5.41, 5.74) is 0. The molecule has 0 spiro atoms. The Labute approximate surface area is 103 Å². The zero-order chi connectivity index (χ0) is 12.8. The van der Waals surface area contributed by atoms with Crippen molar-refractivity contribution in [2.45, 2.75) is 52.5 Å². The predicted octanol–water partition coefficient (Wildman–Crippen LogP) is 1.98. The van der Waals surface area contributed by atoms with E-state index in [9.17, 15) is 9.59 Å². The lowest BCUT2D eigenvalue weighted by Gasteiger charge is -2.25. The summed E-state index contributed by atoms with van der Waals surface area (Å²) >= 11 is 0. The van der Waals surface area contributed by atoms with Gasteiger partial charge in [-0.15, -0.1) is 0 Å². The molecule has 0 bridgehead atoms. The summed E-state index contributed by atoms with van der Waals surface area (Å²) in [6.07, 6.45) is 3.36. The second kappa shape index (κ2) is 6.62. The molecule has 0 aromatic heterocycles. The van der Waals surface area contributed by atoms with E-state index in [0.717, 1.165) is 12.8 Å². The first-order chi connectivity index (χ1) is 8.13. The standard InChI is InChI=1S/C13H23NO3/c1-4-7-10-8-12(15)14(9-10)11(5-2)13(16)17-6-3/h10-11H,4-9H2,1-3H3/t10-,11+/m1/s1. The molecule has 0 radical (unpaired) electrons. The van der Waals surface area contributed by atoms with Crippen molar-refractivity contribution in [2.24, 2.45) is 5.92 Å². The van der Waals surface area contributed by atoms with E-state index in [1.54, 1.807) is 11.8 Å². The third kappa shape index (κ3) is 3.45. The zero-order valence-electron chi connectivity index (χ0n) is 11.1. The van der Waals surface area contributed by atoms with Crippen molar-refractivity contribution < 1.29 is 14.3 Å². The second-order valence-corrected chi connectivity index (χ2v) is 4.58. The maximum atomic E-state index is 11.9. The number of likely N-dealkylation sites (tertiary alicyclic amines) is 1. The fraction of sp³-hybridized carbons (Fsp3) is 0.846. The quantitative estimate of drug-likeness (QED) is 0.668. The molecule has 0 aromatic carbocycles. The van der Waals surface area contributed by atoms with Crippen molar-refractivity contribution in [1.29, 1.82) is 0 Å². The van der Waals surface area contributed by atoms with Crippen LogP contribution in [-0.2, 0) is 14.3 Å². The average molecular weight is 241 g/mol. The summed E-state index contributed by atoms with van der Waals surface area (Å²) in [4.78, 5) is 25.3. The molecule has 1 saturated heterocycles. The summed E-state index contributed by atoms with van der Waals surface area (Å²) in [7, 11) is 0. The van der Waals surface area contributed by atoms with E-state index in [1.807, 2.05) is 6.92 Å². The maximum absolute atomic E-state index is 11.9. The fourth-order valence-corrected chi connectivity index (χ4v) is 2.46. The third-order valence-corrected chi connectivity index (χ3v) is 3.26. The molecular weight excluding hydrogens is 218 g/mol. The molecule has 98 valence electrons. The van der Waals surface area contributed by atoms with Gasteiger partial charge in [0.2, 0.25) is 5.91 Å². The van der Waals surface area contributed by atoms with Gasteiger partial charge in [-0.05, 0) is 25.7 Å². The van der Waals surface area contributed by atoms with Crippen LogP contribution in [0.3, 0.4) is 0 Å². The molecule has 17 heavy (non-hydrogen) atoms. The Hall–Kier alpha value is -1.06. The molecule has 1 heterocycles. The Morgan fingerprint density at radius 3 is 2.71 bits per heavy atom. The van der Waals surface area contributed by atoms with Crippen molar-refractivity contribution >= 4 is 11.9 Å². The first kappa shape index (κ1) is 14.0. The summed E-state index contributed by atoms with van der Waals surface area (Å²) in [5.74, 6) is 0.250. The largest absolute Gasteiger partial charge is 0.464 e. The number of amides is 1. The molecule has 1 rings (SSSR count). The molecule has 0 aliphatic carbocycles. The fourth-order valence-electron chi connectivity index (χ4n) is 2.46. The number of hydrogen-bond donors (Lipinski definition) is 0. The molecule has 0 saturated carbocycles. The lowest BCUT2D eigenvalue weighted by Crippen LogP contribution is -2.42.